The zero-order valence-corrected chi connectivity index (χ0v) is 32.5. The van der Waals surface area contributed by atoms with Crippen LogP contribution in [0.2, 0.25) is 0 Å². The van der Waals surface area contributed by atoms with Gasteiger partial charge >= 0.3 is 5.97 Å². The van der Waals surface area contributed by atoms with Crippen LogP contribution in [0.3, 0.4) is 0 Å². The van der Waals surface area contributed by atoms with Crippen LogP contribution >= 0.6 is 15.9 Å². The summed E-state index contributed by atoms with van der Waals surface area (Å²) in [6, 6.07) is 16.0. The molecule has 55 heavy (non-hydrogen) atoms. The molecule has 5 aromatic rings. The molecule has 2 unspecified atom stereocenters. The largest absolute Gasteiger partial charge is 0.505 e. The minimum Gasteiger partial charge on any atom is -0.505 e. The number of amides is 2. The highest BCUT2D eigenvalue weighted by Crippen LogP contribution is 2.44. The number of phenolic OH excluding ortho intramolecular Hbond substituents is 1. The maximum absolute atomic E-state index is 13.6. The Bertz CT molecular complexity index is 2630. The molecule has 2 amide bonds. The lowest BCUT2D eigenvalue weighted by Crippen LogP contribution is -2.42. The molecule has 5 aromatic carbocycles. The SMILES string of the molecule is CCC(NCC(Br)C(=O)Nc1cccc(C(=O)Nc2cc(S(=O)(=O)O)cc3cc(C)c(N=Nc4ccc5cc(C)ccc5c4S(=O)(=O)O)c(O)c23)c1)C(=O)O. The van der Waals surface area contributed by atoms with Gasteiger partial charge in [0.05, 0.1) is 10.6 Å². The molecule has 288 valence electrons. The molecule has 0 spiro atoms. The minimum absolute atomic E-state index is 0.0117. The molecule has 0 aliphatic rings. The van der Waals surface area contributed by atoms with E-state index in [-0.39, 0.29) is 56.6 Å². The summed E-state index contributed by atoms with van der Waals surface area (Å²) in [6.45, 7) is 4.98. The van der Waals surface area contributed by atoms with E-state index in [1.807, 2.05) is 6.92 Å². The number of nitrogens with zero attached hydrogens (tertiary/aromatic N) is 2. The second kappa shape index (κ2) is 16.2. The first-order valence-corrected chi connectivity index (χ1v) is 20.1. The van der Waals surface area contributed by atoms with Gasteiger partial charge in [-0.25, -0.2) is 0 Å². The molecule has 19 heteroatoms. The number of phenols is 1. The number of hydrogen-bond acceptors (Lipinski definition) is 11. The molecule has 0 heterocycles. The Labute approximate surface area is 323 Å². The number of halogens is 1. The van der Waals surface area contributed by atoms with Crippen LogP contribution in [0, 0.1) is 13.8 Å². The number of rotatable bonds is 13. The first kappa shape index (κ1) is 40.9. The molecule has 0 aliphatic carbocycles. The van der Waals surface area contributed by atoms with E-state index in [0.29, 0.717) is 11.8 Å². The Balaban J connectivity index is 1.51. The van der Waals surface area contributed by atoms with Crippen LogP contribution in [0.25, 0.3) is 21.5 Å². The second-order valence-corrected chi connectivity index (χ2v) is 16.3. The molecule has 0 radical (unpaired) electrons. The number of alkyl halides is 1. The Kier molecular flexibility index (Phi) is 12.0. The third-order valence-corrected chi connectivity index (χ3v) is 11.0. The van der Waals surface area contributed by atoms with Gasteiger partial charge in [0.25, 0.3) is 26.1 Å². The maximum Gasteiger partial charge on any atom is 0.320 e. The summed E-state index contributed by atoms with van der Waals surface area (Å²) in [5, 5.41) is 37.5. The summed E-state index contributed by atoms with van der Waals surface area (Å²) in [5.74, 6) is -3.01. The number of aromatic hydroxyl groups is 1. The van der Waals surface area contributed by atoms with Crippen LogP contribution in [0.4, 0.5) is 22.7 Å². The van der Waals surface area contributed by atoms with E-state index in [1.165, 1.54) is 49.4 Å². The van der Waals surface area contributed by atoms with Crippen molar-refractivity contribution >= 4 is 98.2 Å². The normalized spacial score (nSPS) is 13.2. The van der Waals surface area contributed by atoms with Gasteiger partial charge in [-0.05, 0) is 79.1 Å². The second-order valence-electron chi connectivity index (χ2n) is 12.4. The van der Waals surface area contributed by atoms with Crippen LogP contribution < -0.4 is 16.0 Å². The molecule has 16 nitrogen and oxygen atoms in total. The number of fused-ring (bicyclic) bond motifs is 2. The van der Waals surface area contributed by atoms with Gasteiger partial charge in [-0.2, -0.15) is 16.8 Å². The van der Waals surface area contributed by atoms with E-state index in [4.69, 9.17) is 0 Å². The number of anilines is 2. The van der Waals surface area contributed by atoms with Crippen molar-refractivity contribution in [2.75, 3.05) is 17.2 Å². The summed E-state index contributed by atoms with van der Waals surface area (Å²) in [7, 11) is -9.64. The predicted octanol–water partition coefficient (Wildman–Crippen LogP) is 6.63. The van der Waals surface area contributed by atoms with Gasteiger partial charge in [-0.3, -0.25) is 23.5 Å². The lowest BCUT2D eigenvalue weighted by molar-refractivity contribution is -0.139. The zero-order chi connectivity index (χ0) is 40.4. The average Bonchev–Trinajstić information content (AvgIpc) is 3.10. The average molecular weight is 857 g/mol. The fraction of sp³-hybridized carbons (Fsp3) is 0.194. The summed E-state index contributed by atoms with van der Waals surface area (Å²) < 4.78 is 69.5. The highest BCUT2D eigenvalue weighted by molar-refractivity contribution is 9.10. The van der Waals surface area contributed by atoms with Crippen molar-refractivity contribution in [1.29, 1.82) is 0 Å². The Morgan fingerprint density at radius 1 is 0.855 bits per heavy atom. The standard InChI is InChI=1S/C36H34BrN5O11S2/c1-4-27(36(46)47)38-17-26(37)35(45)39-23-7-5-6-21(14-23)34(44)40-29-16-24(54(48,49)50)15-22-13-19(3)31(32(43)30(22)29)42-41-28-11-9-20-12-18(2)8-10-25(20)33(28)55(51,52)53/h5-16,26-27,38,43H,4,17H2,1-3H3,(H,39,45)(H,40,44)(H,46,47)(H,48,49,50)(H,51,52,53). The minimum atomic E-state index is -4.83. The van der Waals surface area contributed by atoms with Crippen molar-refractivity contribution in [2.24, 2.45) is 10.2 Å². The van der Waals surface area contributed by atoms with E-state index < -0.39 is 64.4 Å². The maximum atomic E-state index is 13.6. The molecule has 0 saturated carbocycles. The van der Waals surface area contributed by atoms with E-state index in [2.05, 4.69) is 42.1 Å². The molecule has 0 saturated heterocycles. The number of nitrogens with one attached hydrogen (secondary N) is 3. The first-order valence-electron chi connectivity index (χ1n) is 16.3. The van der Waals surface area contributed by atoms with Gasteiger partial charge in [-0.15, -0.1) is 10.2 Å². The van der Waals surface area contributed by atoms with Crippen LogP contribution in [-0.2, 0) is 29.8 Å². The van der Waals surface area contributed by atoms with E-state index >= 15 is 0 Å². The monoisotopic (exact) mass is 855 g/mol. The number of carbonyl (C=O) groups is 3. The third-order valence-electron chi connectivity index (χ3n) is 8.44. The Morgan fingerprint density at radius 2 is 1.58 bits per heavy atom. The van der Waals surface area contributed by atoms with Crippen molar-refractivity contribution < 1.29 is 50.5 Å². The van der Waals surface area contributed by atoms with Gasteiger partial charge in [0.1, 0.15) is 27.1 Å². The van der Waals surface area contributed by atoms with Crippen LogP contribution in [0.15, 0.2) is 92.8 Å². The first-order chi connectivity index (χ1) is 25.8. The number of carbonyl (C=O) groups excluding carboxylic acids is 2. The molecule has 5 rings (SSSR count). The molecule has 0 fully saturated rings. The van der Waals surface area contributed by atoms with Crippen molar-refractivity contribution in [1.82, 2.24) is 5.32 Å². The molecular weight excluding hydrogens is 822 g/mol. The van der Waals surface area contributed by atoms with Crippen molar-refractivity contribution in [3.8, 4) is 5.75 Å². The van der Waals surface area contributed by atoms with Gasteiger partial charge in [-0.1, -0.05) is 58.7 Å². The molecule has 0 aliphatic heterocycles. The molecule has 2 atom stereocenters. The van der Waals surface area contributed by atoms with Crippen LogP contribution in [0.5, 0.6) is 5.75 Å². The number of carboxylic acids is 1. The summed E-state index contributed by atoms with van der Waals surface area (Å²) >= 11 is 3.22. The van der Waals surface area contributed by atoms with Gasteiger partial charge in [0, 0.05) is 28.6 Å². The number of azo groups is 1. The smallest absolute Gasteiger partial charge is 0.320 e. The van der Waals surface area contributed by atoms with Gasteiger partial charge < -0.3 is 26.2 Å². The van der Waals surface area contributed by atoms with Gasteiger partial charge in [0.15, 0.2) is 5.75 Å². The summed E-state index contributed by atoms with van der Waals surface area (Å²) in [5.41, 5.74) is 0.557. The van der Waals surface area contributed by atoms with Gasteiger partial charge in [0.2, 0.25) is 5.91 Å². The molecule has 0 bridgehead atoms. The zero-order valence-electron chi connectivity index (χ0n) is 29.2. The molecular formula is C36H34BrN5O11S2. The lowest BCUT2D eigenvalue weighted by Gasteiger charge is -2.16. The molecule has 7 N–H and O–H groups in total. The quantitative estimate of drug-likeness (QED) is 0.0374. The Morgan fingerprint density at radius 3 is 2.24 bits per heavy atom. The third kappa shape index (κ3) is 9.32. The summed E-state index contributed by atoms with van der Waals surface area (Å²) in [6.07, 6.45) is 0.294. The lowest BCUT2D eigenvalue weighted by atomic mass is 10.0. The van der Waals surface area contributed by atoms with E-state index in [0.717, 1.165) is 17.7 Å². The topological polar surface area (TPSA) is 261 Å². The fourth-order valence-electron chi connectivity index (χ4n) is 5.76. The number of benzene rings is 5. The molecule has 0 aromatic heterocycles. The van der Waals surface area contributed by atoms with E-state index in [1.54, 1.807) is 25.1 Å². The predicted molar refractivity (Wildman–Crippen MR) is 208 cm³/mol. The summed E-state index contributed by atoms with van der Waals surface area (Å²) in [4.78, 5) is 35.7. The Hall–Kier alpha value is -5.31. The van der Waals surface area contributed by atoms with Crippen LogP contribution in [-0.4, -0.2) is 71.4 Å². The number of hydrogen-bond donors (Lipinski definition) is 7. The fourth-order valence-corrected chi connectivity index (χ4v) is 7.44. The highest BCUT2D eigenvalue weighted by atomic mass is 79.9. The number of carboxylic acid groups (broad SMARTS) is 1. The van der Waals surface area contributed by atoms with Crippen molar-refractivity contribution in [3.05, 3.63) is 89.5 Å². The number of aryl methyl sites for hydroxylation is 2. The highest BCUT2D eigenvalue weighted by Gasteiger charge is 2.24. The van der Waals surface area contributed by atoms with E-state index in [9.17, 15) is 50.5 Å². The number of aliphatic carboxylic acids is 1. The van der Waals surface area contributed by atoms with Crippen LogP contribution in [0.1, 0.15) is 34.8 Å². The van der Waals surface area contributed by atoms with Crippen molar-refractivity contribution in [3.63, 3.8) is 0 Å². The van der Waals surface area contributed by atoms with Crippen molar-refractivity contribution in [2.45, 2.75) is 47.9 Å².